The number of benzene rings is 1. The lowest BCUT2D eigenvalue weighted by Crippen LogP contribution is -2.39. The first-order chi connectivity index (χ1) is 13.7. The first kappa shape index (κ1) is 22.8. The van der Waals surface area contributed by atoms with E-state index < -0.39 is 12.1 Å². The Hall–Kier alpha value is -2.51. The number of pyridine rings is 1. The summed E-state index contributed by atoms with van der Waals surface area (Å²) in [5, 5.41) is 19.0. The summed E-state index contributed by atoms with van der Waals surface area (Å²) in [7, 11) is 0. The maximum atomic E-state index is 11.0. The Labute approximate surface area is 177 Å². The molecule has 0 spiro atoms. The highest BCUT2D eigenvalue weighted by molar-refractivity contribution is 5.90. The molecule has 1 fully saturated rings. The summed E-state index contributed by atoms with van der Waals surface area (Å²) in [6.07, 6.45) is 7.62. The number of rotatable bonds is 6. The van der Waals surface area contributed by atoms with Crippen LogP contribution in [0.2, 0.25) is 0 Å². The molecule has 0 radical (unpaired) electrons. The predicted octanol–water partition coefficient (Wildman–Crippen LogP) is 3.23. The number of aliphatic hydroxyl groups is 1. The molecule has 1 atom stereocenters. The van der Waals surface area contributed by atoms with Crippen molar-refractivity contribution in [2.75, 3.05) is 13.1 Å². The van der Waals surface area contributed by atoms with Crippen molar-refractivity contribution in [3.05, 3.63) is 77.6 Å². The molecule has 0 saturated carbocycles. The van der Waals surface area contributed by atoms with E-state index in [2.05, 4.69) is 34.1 Å². The second-order valence-corrected chi connectivity index (χ2v) is 6.79. The molecular formula is C22H26ClN3O3. The van der Waals surface area contributed by atoms with Crippen LogP contribution in [0.25, 0.3) is 12.2 Å². The molecule has 1 saturated heterocycles. The van der Waals surface area contributed by atoms with Gasteiger partial charge in [0.2, 0.25) is 0 Å². The third kappa shape index (κ3) is 6.80. The maximum Gasteiger partial charge on any atom is 0.267 e. The minimum Gasteiger partial charge on any atom is -0.375 e. The van der Waals surface area contributed by atoms with Crippen LogP contribution < -0.4 is 5.48 Å². The van der Waals surface area contributed by atoms with Crippen LogP contribution >= 0.6 is 12.4 Å². The number of nitrogens with zero attached hydrogens (tertiary/aromatic N) is 2. The number of hydrogen-bond acceptors (Lipinski definition) is 5. The van der Waals surface area contributed by atoms with Crippen LogP contribution in [-0.4, -0.2) is 45.4 Å². The quantitative estimate of drug-likeness (QED) is 0.383. The number of amides is 1. The van der Waals surface area contributed by atoms with E-state index in [9.17, 15) is 9.90 Å². The average molecular weight is 416 g/mol. The summed E-state index contributed by atoms with van der Waals surface area (Å²) in [6, 6.07) is 15.9. The largest absolute Gasteiger partial charge is 0.375 e. The lowest BCUT2D eigenvalue weighted by Gasteiger charge is -2.34. The molecule has 1 aliphatic rings. The van der Waals surface area contributed by atoms with E-state index in [4.69, 9.17) is 5.21 Å². The second-order valence-electron chi connectivity index (χ2n) is 6.79. The lowest BCUT2D eigenvalue weighted by atomic mass is 9.89. The van der Waals surface area contributed by atoms with Crippen LogP contribution in [-0.2, 0) is 4.79 Å². The van der Waals surface area contributed by atoms with E-state index in [0.29, 0.717) is 17.3 Å². The van der Waals surface area contributed by atoms with Gasteiger partial charge in [-0.25, -0.2) is 10.5 Å². The van der Waals surface area contributed by atoms with Gasteiger partial charge in [-0.05, 0) is 54.7 Å². The van der Waals surface area contributed by atoms with Crippen LogP contribution in [0.3, 0.4) is 0 Å². The molecule has 6 nitrogen and oxygen atoms in total. The maximum absolute atomic E-state index is 11.0. The van der Waals surface area contributed by atoms with Crippen molar-refractivity contribution in [1.82, 2.24) is 15.4 Å². The second kappa shape index (κ2) is 11.5. The van der Waals surface area contributed by atoms with Gasteiger partial charge in [0.25, 0.3) is 5.91 Å². The van der Waals surface area contributed by atoms with Crippen molar-refractivity contribution in [1.29, 1.82) is 0 Å². The highest BCUT2D eigenvalue weighted by Gasteiger charge is 2.23. The molecule has 1 aromatic heterocycles. The Kier molecular flexibility index (Phi) is 9.02. The van der Waals surface area contributed by atoms with Crippen molar-refractivity contribution in [2.45, 2.75) is 25.0 Å². The van der Waals surface area contributed by atoms with Crippen molar-refractivity contribution < 1.29 is 15.1 Å². The van der Waals surface area contributed by atoms with Gasteiger partial charge in [0.1, 0.15) is 6.23 Å². The molecule has 154 valence electrons. The minimum absolute atomic E-state index is 0. The van der Waals surface area contributed by atoms with Crippen LogP contribution in [0.1, 0.15) is 35.7 Å². The summed E-state index contributed by atoms with van der Waals surface area (Å²) in [4.78, 5) is 17.5. The first-order valence-electron chi connectivity index (χ1n) is 9.40. The molecule has 2 aromatic rings. The van der Waals surface area contributed by atoms with E-state index in [-0.39, 0.29) is 12.4 Å². The van der Waals surface area contributed by atoms with Gasteiger partial charge in [-0.15, -0.1) is 12.4 Å². The standard InChI is InChI=1S/C22H25N3O3.ClH/c26-21(24-28)11-9-19-7-4-8-20(23-19)10-12-22(27)25-15-13-18(14-16-25)17-5-2-1-3-6-17;/h1-12,18,22,27-28H,13-16H2,(H,24,26);1H/b11-9+,12-10+;. The number of nitrogens with one attached hydrogen (secondary N) is 1. The van der Waals surface area contributed by atoms with Crippen LogP contribution in [0, 0.1) is 0 Å². The van der Waals surface area contributed by atoms with Gasteiger partial charge >= 0.3 is 0 Å². The van der Waals surface area contributed by atoms with Gasteiger partial charge in [0.05, 0.1) is 11.4 Å². The van der Waals surface area contributed by atoms with Gasteiger partial charge in [0.15, 0.2) is 0 Å². The molecule has 29 heavy (non-hydrogen) atoms. The topological polar surface area (TPSA) is 85.7 Å². The van der Waals surface area contributed by atoms with Crippen molar-refractivity contribution >= 4 is 30.5 Å². The highest BCUT2D eigenvalue weighted by Crippen LogP contribution is 2.28. The fourth-order valence-corrected chi connectivity index (χ4v) is 3.38. The van der Waals surface area contributed by atoms with Crippen LogP contribution in [0.4, 0.5) is 0 Å². The monoisotopic (exact) mass is 415 g/mol. The molecule has 1 unspecified atom stereocenters. The summed E-state index contributed by atoms with van der Waals surface area (Å²) >= 11 is 0. The van der Waals surface area contributed by atoms with Gasteiger partial charge in [-0.1, -0.05) is 36.4 Å². The van der Waals surface area contributed by atoms with E-state index in [1.807, 2.05) is 18.2 Å². The molecule has 3 N–H and O–H groups in total. The summed E-state index contributed by atoms with van der Waals surface area (Å²) in [5.41, 5.74) is 4.18. The Bertz CT molecular complexity index is 834. The Balaban J connectivity index is 0.00000300. The van der Waals surface area contributed by atoms with Gasteiger partial charge in [-0.2, -0.15) is 0 Å². The SMILES string of the molecule is Cl.O=C(/C=C/c1cccc(/C=C/C(O)N2CCC(c3ccccc3)CC2)n1)NO. The first-order valence-corrected chi connectivity index (χ1v) is 9.40. The number of hydroxylamine groups is 1. The highest BCUT2D eigenvalue weighted by atomic mass is 35.5. The van der Waals surface area contributed by atoms with Crippen LogP contribution in [0.15, 0.2) is 60.7 Å². The average Bonchev–Trinajstić information content (AvgIpc) is 2.76. The zero-order valence-corrected chi connectivity index (χ0v) is 16.8. The predicted molar refractivity (Wildman–Crippen MR) is 115 cm³/mol. The Morgan fingerprint density at radius 2 is 1.72 bits per heavy atom. The molecule has 1 aromatic carbocycles. The van der Waals surface area contributed by atoms with E-state index >= 15 is 0 Å². The Morgan fingerprint density at radius 1 is 1.07 bits per heavy atom. The molecule has 2 heterocycles. The van der Waals surface area contributed by atoms with Crippen molar-refractivity contribution in [2.24, 2.45) is 0 Å². The third-order valence-electron chi connectivity index (χ3n) is 4.92. The minimum atomic E-state index is -0.655. The van der Waals surface area contributed by atoms with Gasteiger partial charge in [-0.3, -0.25) is 14.9 Å². The molecule has 7 heteroatoms. The lowest BCUT2D eigenvalue weighted by molar-refractivity contribution is -0.124. The smallest absolute Gasteiger partial charge is 0.267 e. The molecule has 0 aliphatic carbocycles. The van der Waals surface area contributed by atoms with E-state index in [1.54, 1.807) is 18.2 Å². The molecule has 1 aliphatic heterocycles. The number of hydrogen-bond donors (Lipinski definition) is 3. The van der Waals surface area contributed by atoms with Gasteiger partial charge in [0, 0.05) is 19.2 Å². The Morgan fingerprint density at radius 3 is 2.38 bits per heavy atom. The number of aliphatic hydroxyl groups excluding tert-OH is 1. The number of likely N-dealkylation sites (tertiary alicyclic amines) is 1. The van der Waals surface area contributed by atoms with E-state index in [1.165, 1.54) is 23.2 Å². The summed E-state index contributed by atoms with van der Waals surface area (Å²) in [6.45, 7) is 1.69. The molecular weight excluding hydrogens is 390 g/mol. The molecule has 0 bridgehead atoms. The van der Waals surface area contributed by atoms with Gasteiger partial charge < -0.3 is 5.11 Å². The number of halogens is 1. The van der Waals surface area contributed by atoms with Crippen molar-refractivity contribution in [3.8, 4) is 0 Å². The van der Waals surface area contributed by atoms with Crippen LogP contribution in [0.5, 0.6) is 0 Å². The third-order valence-corrected chi connectivity index (χ3v) is 4.92. The number of carbonyl (C=O) groups excluding carboxylic acids is 1. The number of piperidine rings is 1. The fourth-order valence-electron chi connectivity index (χ4n) is 3.38. The molecule has 3 rings (SSSR count). The summed E-state index contributed by atoms with van der Waals surface area (Å²) < 4.78 is 0. The van der Waals surface area contributed by atoms with E-state index in [0.717, 1.165) is 25.9 Å². The summed E-state index contributed by atoms with van der Waals surface area (Å²) in [5.74, 6) is -0.0630. The zero-order chi connectivity index (χ0) is 19.8. The normalized spacial score (nSPS) is 16.6. The molecule has 1 amide bonds. The fraction of sp³-hybridized carbons (Fsp3) is 0.273. The van der Waals surface area contributed by atoms with Crippen molar-refractivity contribution in [3.63, 3.8) is 0 Å². The number of carbonyl (C=O) groups is 1. The zero-order valence-electron chi connectivity index (χ0n) is 16.0. The number of aromatic nitrogens is 1.